The van der Waals surface area contributed by atoms with E-state index in [9.17, 15) is 4.79 Å². The third-order valence-corrected chi connectivity index (χ3v) is 3.27. The van der Waals surface area contributed by atoms with Gasteiger partial charge in [-0.3, -0.25) is 4.79 Å². The quantitative estimate of drug-likeness (QED) is 0.649. The first-order chi connectivity index (χ1) is 8.24. The molecule has 1 saturated heterocycles. The van der Waals surface area contributed by atoms with E-state index in [1.54, 1.807) is 0 Å². The van der Waals surface area contributed by atoms with Crippen LogP contribution in [-0.4, -0.2) is 50.1 Å². The second-order valence-corrected chi connectivity index (χ2v) is 4.95. The van der Waals surface area contributed by atoms with Crippen LogP contribution in [-0.2, 0) is 4.79 Å². The SMILES string of the molecule is CCCCCNC(=O)C(C)CN1CCNCC1. The summed E-state index contributed by atoms with van der Waals surface area (Å²) in [5.74, 6) is 0.314. The first-order valence-electron chi connectivity index (χ1n) is 6.94. The van der Waals surface area contributed by atoms with Crippen LogP contribution in [0, 0.1) is 5.92 Å². The predicted molar refractivity (Wildman–Crippen MR) is 71.0 cm³/mol. The van der Waals surface area contributed by atoms with Gasteiger partial charge >= 0.3 is 0 Å². The number of unbranched alkanes of at least 4 members (excludes halogenated alkanes) is 2. The summed E-state index contributed by atoms with van der Waals surface area (Å²) in [4.78, 5) is 14.2. The second-order valence-electron chi connectivity index (χ2n) is 4.95. The highest BCUT2D eigenvalue weighted by atomic mass is 16.1. The van der Waals surface area contributed by atoms with E-state index < -0.39 is 0 Å². The minimum Gasteiger partial charge on any atom is -0.356 e. The third kappa shape index (κ3) is 6.03. The maximum atomic E-state index is 11.8. The Bertz CT molecular complexity index is 215. The van der Waals surface area contributed by atoms with E-state index in [-0.39, 0.29) is 11.8 Å². The van der Waals surface area contributed by atoms with Gasteiger partial charge in [-0.05, 0) is 6.42 Å². The van der Waals surface area contributed by atoms with Crippen molar-refractivity contribution in [2.24, 2.45) is 5.92 Å². The number of amides is 1. The van der Waals surface area contributed by atoms with Crippen LogP contribution in [0.4, 0.5) is 0 Å². The molecular weight excluding hydrogens is 214 g/mol. The van der Waals surface area contributed by atoms with Crippen molar-refractivity contribution in [3.63, 3.8) is 0 Å². The van der Waals surface area contributed by atoms with Crippen molar-refractivity contribution in [3.8, 4) is 0 Å². The molecule has 1 aliphatic heterocycles. The van der Waals surface area contributed by atoms with E-state index in [2.05, 4.69) is 22.5 Å². The number of rotatable bonds is 7. The van der Waals surface area contributed by atoms with E-state index >= 15 is 0 Å². The molecule has 0 aromatic rings. The van der Waals surface area contributed by atoms with Gasteiger partial charge in [-0.2, -0.15) is 0 Å². The van der Waals surface area contributed by atoms with Crippen molar-refractivity contribution in [1.82, 2.24) is 15.5 Å². The molecule has 0 aromatic carbocycles. The maximum Gasteiger partial charge on any atom is 0.224 e. The largest absolute Gasteiger partial charge is 0.356 e. The van der Waals surface area contributed by atoms with E-state index in [0.29, 0.717) is 0 Å². The van der Waals surface area contributed by atoms with E-state index in [0.717, 1.165) is 45.7 Å². The van der Waals surface area contributed by atoms with Crippen LogP contribution < -0.4 is 10.6 Å². The number of piperazine rings is 1. The molecule has 0 saturated carbocycles. The predicted octanol–water partition coefficient (Wildman–Crippen LogP) is 0.834. The molecule has 0 aliphatic carbocycles. The minimum atomic E-state index is 0.106. The summed E-state index contributed by atoms with van der Waals surface area (Å²) in [7, 11) is 0. The van der Waals surface area contributed by atoms with E-state index in [1.165, 1.54) is 12.8 Å². The molecule has 1 heterocycles. The van der Waals surface area contributed by atoms with Gasteiger partial charge in [0.05, 0.1) is 0 Å². The smallest absolute Gasteiger partial charge is 0.224 e. The summed E-state index contributed by atoms with van der Waals surface area (Å²) in [5.41, 5.74) is 0. The van der Waals surface area contributed by atoms with Crippen LogP contribution in [0.1, 0.15) is 33.1 Å². The fourth-order valence-corrected chi connectivity index (χ4v) is 2.12. The van der Waals surface area contributed by atoms with Crippen molar-refractivity contribution < 1.29 is 4.79 Å². The van der Waals surface area contributed by atoms with Gasteiger partial charge in [-0.15, -0.1) is 0 Å². The lowest BCUT2D eigenvalue weighted by Gasteiger charge is -2.29. The van der Waals surface area contributed by atoms with Crippen molar-refractivity contribution in [2.75, 3.05) is 39.3 Å². The second kappa shape index (κ2) is 8.48. The summed E-state index contributed by atoms with van der Waals surface area (Å²) in [6.07, 6.45) is 3.50. The van der Waals surface area contributed by atoms with Crippen molar-refractivity contribution in [3.05, 3.63) is 0 Å². The fourth-order valence-electron chi connectivity index (χ4n) is 2.12. The van der Waals surface area contributed by atoms with Crippen molar-refractivity contribution in [1.29, 1.82) is 0 Å². The molecule has 1 aliphatic rings. The van der Waals surface area contributed by atoms with Gasteiger partial charge in [-0.25, -0.2) is 0 Å². The number of hydrogen-bond acceptors (Lipinski definition) is 3. The zero-order valence-electron chi connectivity index (χ0n) is 11.3. The van der Waals surface area contributed by atoms with Gasteiger partial charge in [0.2, 0.25) is 5.91 Å². The molecule has 0 radical (unpaired) electrons. The molecule has 4 nitrogen and oxygen atoms in total. The number of carbonyl (C=O) groups excluding carboxylic acids is 1. The van der Waals surface area contributed by atoms with Crippen molar-refractivity contribution >= 4 is 5.91 Å². The van der Waals surface area contributed by atoms with Gasteiger partial charge in [0.25, 0.3) is 0 Å². The molecule has 1 amide bonds. The highest BCUT2D eigenvalue weighted by molar-refractivity contribution is 5.78. The number of nitrogens with one attached hydrogen (secondary N) is 2. The molecule has 1 rings (SSSR count). The Morgan fingerprint density at radius 1 is 1.35 bits per heavy atom. The number of nitrogens with zero attached hydrogens (tertiary/aromatic N) is 1. The lowest BCUT2D eigenvalue weighted by atomic mass is 10.1. The molecule has 100 valence electrons. The lowest BCUT2D eigenvalue weighted by molar-refractivity contribution is -0.125. The summed E-state index contributed by atoms with van der Waals surface area (Å²) in [6, 6.07) is 0. The fraction of sp³-hybridized carbons (Fsp3) is 0.923. The van der Waals surface area contributed by atoms with Crippen LogP contribution in [0.5, 0.6) is 0 Å². The summed E-state index contributed by atoms with van der Waals surface area (Å²) >= 11 is 0. The Morgan fingerprint density at radius 2 is 2.06 bits per heavy atom. The zero-order chi connectivity index (χ0) is 12.5. The average Bonchev–Trinajstić information content (AvgIpc) is 2.35. The standard InChI is InChI=1S/C13H27N3O/c1-3-4-5-6-15-13(17)12(2)11-16-9-7-14-8-10-16/h12,14H,3-11H2,1-2H3,(H,15,17). The molecule has 4 heteroatoms. The lowest BCUT2D eigenvalue weighted by Crippen LogP contribution is -2.47. The normalized spacial score (nSPS) is 18.9. The maximum absolute atomic E-state index is 11.8. The Labute approximate surface area is 105 Å². The van der Waals surface area contributed by atoms with E-state index in [1.807, 2.05) is 6.92 Å². The molecule has 1 fully saturated rings. The summed E-state index contributed by atoms with van der Waals surface area (Å²) in [6.45, 7) is 10.1. The summed E-state index contributed by atoms with van der Waals surface area (Å²) < 4.78 is 0. The first kappa shape index (κ1) is 14.5. The van der Waals surface area contributed by atoms with Gasteiger partial charge in [0.15, 0.2) is 0 Å². The monoisotopic (exact) mass is 241 g/mol. The summed E-state index contributed by atoms with van der Waals surface area (Å²) in [5, 5.41) is 6.35. The van der Waals surface area contributed by atoms with Crippen LogP contribution in [0.25, 0.3) is 0 Å². The van der Waals surface area contributed by atoms with Crippen LogP contribution in [0.15, 0.2) is 0 Å². The first-order valence-corrected chi connectivity index (χ1v) is 6.94. The van der Waals surface area contributed by atoms with Crippen molar-refractivity contribution in [2.45, 2.75) is 33.1 Å². The molecule has 0 aromatic heterocycles. The Kier molecular flexibility index (Phi) is 7.21. The number of hydrogen-bond donors (Lipinski definition) is 2. The molecule has 2 N–H and O–H groups in total. The van der Waals surface area contributed by atoms with E-state index in [4.69, 9.17) is 0 Å². The molecule has 17 heavy (non-hydrogen) atoms. The van der Waals surface area contributed by atoms with Gasteiger partial charge in [0, 0.05) is 45.2 Å². The minimum absolute atomic E-state index is 0.106. The highest BCUT2D eigenvalue weighted by Crippen LogP contribution is 2.02. The van der Waals surface area contributed by atoms with Crippen LogP contribution in [0.2, 0.25) is 0 Å². The van der Waals surface area contributed by atoms with Gasteiger partial charge in [0.1, 0.15) is 0 Å². The molecule has 0 bridgehead atoms. The number of carbonyl (C=O) groups is 1. The van der Waals surface area contributed by atoms with Crippen LogP contribution in [0.3, 0.4) is 0 Å². The Morgan fingerprint density at radius 3 is 2.71 bits per heavy atom. The Hall–Kier alpha value is -0.610. The Balaban J connectivity index is 2.12. The van der Waals surface area contributed by atoms with Crippen LogP contribution >= 0.6 is 0 Å². The highest BCUT2D eigenvalue weighted by Gasteiger charge is 2.17. The molecule has 1 atom stereocenters. The van der Waals surface area contributed by atoms with Gasteiger partial charge < -0.3 is 15.5 Å². The molecular formula is C13H27N3O. The average molecular weight is 241 g/mol. The molecule has 0 spiro atoms. The zero-order valence-corrected chi connectivity index (χ0v) is 11.3. The molecule has 1 unspecified atom stereocenters. The van der Waals surface area contributed by atoms with Gasteiger partial charge in [-0.1, -0.05) is 26.7 Å². The topological polar surface area (TPSA) is 44.4 Å². The third-order valence-electron chi connectivity index (χ3n) is 3.27.